The normalized spacial score (nSPS) is 11.2. The number of aromatic nitrogens is 4. The maximum absolute atomic E-state index is 11.4. The van der Waals surface area contributed by atoms with Gasteiger partial charge >= 0.3 is 4.94 Å². The molecule has 0 bridgehead atoms. The van der Waals surface area contributed by atoms with E-state index in [1.165, 1.54) is 6.33 Å². The molecular weight excluding hydrogens is 352 g/mol. The van der Waals surface area contributed by atoms with Gasteiger partial charge in [-0.3, -0.25) is 0 Å². The first-order chi connectivity index (χ1) is 12.8. The fraction of sp³-hybridized carbons (Fsp3) is 0. The van der Waals surface area contributed by atoms with Crippen LogP contribution in [0.1, 0.15) is 0 Å². The average molecular weight is 362 g/mol. The second-order valence-corrected chi connectivity index (χ2v) is 6.45. The van der Waals surface area contributed by atoms with Crippen molar-refractivity contribution in [2.75, 3.05) is 0 Å². The van der Waals surface area contributed by atoms with Gasteiger partial charge in [0, 0.05) is 6.07 Å². The van der Waals surface area contributed by atoms with Gasteiger partial charge in [0.1, 0.15) is 17.5 Å². The number of benzene rings is 2. The molecule has 0 saturated heterocycles. The Morgan fingerprint density at radius 2 is 1.96 bits per heavy atom. The number of hydrogen-bond acceptors (Lipinski definition) is 7. The standard InChI is InChI=1S/C18H10N4O3S/c23-18-25-14-8-12(6-7-15(14)26-18)24-17-13-9-21-22(16(13)19-10-20-17)11-4-2-1-3-5-11/h1-10H. The molecule has 0 spiro atoms. The van der Waals surface area contributed by atoms with Crippen molar-refractivity contribution in [3.05, 3.63) is 70.8 Å². The number of fused-ring (bicyclic) bond motifs is 2. The lowest BCUT2D eigenvalue weighted by atomic mass is 10.3. The molecule has 26 heavy (non-hydrogen) atoms. The Bertz CT molecular complexity index is 1290. The molecule has 0 radical (unpaired) electrons. The molecule has 0 N–H and O–H groups in total. The topological polar surface area (TPSA) is 83.0 Å². The van der Waals surface area contributed by atoms with E-state index >= 15 is 0 Å². The molecule has 5 aromatic rings. The van der Waals surface area contributed by atoms with E-state index in [4.69, 9.17) is 9.15 Å². The second-order valence-electron chi connectivity index (χ2n) is 5.47. The zero-order chi connectivity index (χ0) is 17.5. The molecule has 0 unspecified atom stereocenters. The minimum atomic E-state index is -0.342. The van der Waals surface area contributed by atoms with Gasteiger partial charge < -0.3 is 9.15 Å². The first kappa shape index (κ1) is 14.8. The van der Waals surface area contributed by atoms with Crippen molar-refractivity contribution in [3.63, 3.8) is 0 Å². The molecule has 0 aliphatic carbocycles. The van der Waals surface area contributed by atoms with Gasteiger partial charge in [-0.2, -0.15) is 5.10 Å². The van der Waals surface area contributed by atoms with Crippen molar-refractivity contribution in [3.8, 4) is 17.3 Å². The van der Waals surface area contributed by atoms with Crippen molar-refractivity contribution >= 4 is 32.7 Å². The summed E-state index contributed by atoms with van der Waals surface area (Å²) in [6, 6.07) is 14.9. The summed E-state index contributed by atoms with van der Waals surface area (Å²) in [5.41, 5.74) is 2.03. The smallest absolute Gasteiger partial charge is 0.396 e. The molecule has 3 heterocycles. The first-order valence-electron chi connectivity index (χ1n) is 7.74. The number of nitrogens with zero attached hydrogens (tertiary/aromatic N) is 4. The maximum Gasteiger partial charge on any atom is 0.396 e. The maximum atomic E-state index is 11.4. The molecule has 8 heteroatoms. The fourth-order valence-electron chi connectivity index (χ4n) is 2.69. The predicted molar refractivity (Wildman–Crippen MR) is 97.1 cm³/mol. The number of para-hydroxylation sites is 1. The molecule has 7 nitrogen and oxygen atoms in total. The average Bonchev–Trinajstić information content (AvgIpc) is 3.25. The van der Waals surface area contributed by atoms with E-state index in [0.29, 0.717) is 28.2 Å². The van der Waals surface area contributed by atoms with Crippen LogP contribution in [0.5, 0.6) is 11.6 Å². The van der Waals surface area contributed by atoms with Crippen LogP contribution in [0.2, 0.25) is 0 Å². The van der Waals surface area contributed by atoms with Crippen LogP contribution in [-0.4, -0.2) is 19.7 Å². The van der Waals surface area contributed by atoms with E-state index in [0.717, 1.165) is 21.7 Å². The Morgan fingerprint density at radius 1 is 1.08 bits per heavy atom. The van der Waals surface area contributed by atoms with Gasteiger partial charge in [-0.25, -0.2) is 19.4 Å². The van der Waals surface area contributed by atoms with E-state index < -0.39 is 0 Å². The molecule has 0 fully saturated rings. The van der Waals surface area contributed by atoms with Crippen molar-refractivity contribution in [1.82, 2.24) is 19.7 Å². The summed E-state index contributed by atoms with van der Waals surface area (Å²) in [5.74, 6) is 0.903. The van der Waals surface area contributed by atoms with Gasteiger partial charge in [-0.15, -0.1) is 0 Å². The van der Waals surface area contributed by atoms with Crippen molar-refractivity contribution in [2.24, 2.45) is 0 Å². The Morgan fingerprint density at radius 3 is 2.85 bits per heavy atom. The molecule has 3 aromatic heterocycles. The molecule has 0 aliphatic rings. The monoisotopic (exact) mass is 362 g/mol. The predicted octanol–water partition coefficient (Wildman–Crippen LogP) is 3.78. The number of hydrogen-bond donors (Lipinski definition) is 0. The molecular formula is C18H10N4O3S. The third kappa shape index (κ3) is 2.44. The zero-order valence-corrected chi connectivity index (χ0v) is 14.0. The Hall–Kier alpha value is -3.52. The van der Waals surface area contributed by atoms with E-state index in [1.807, 2.05) is 30.3 Å². The summed E-state index contributed by atoms with van der Waals surface area (Å²) in [6.07, 6.45) is 3.10. The Kier molecular flexibility index (Phi) is 3.29. The van der Waals surface area contributed by atoms with Crippen LogP contribution in [0.3, 0.4) is 0 Å². The zero-order valence-electron chi connectivity index (χ0n) is 13.2. The summed E-state index contributed by atoms with van der Waals surface area (Å²) in [5, 5.41) is 5.08. The largest absolute Gasteiger partial charge is 0.438 e. The van der Waals surface area contributed by atoms with Gasteiger partial charge in [0.25, 0.3) is 0 Å². The third-order valence-corrected chi connectivity index (χ3v) is 4.65. The summed E-state index contributed by atoms with van der Waals surface area (Å²) < 4.78 is 13.5. The molecule has 0 atom stereocenters. The van der Waals surface area contributed by atoms with E-state index in [1.54, 1.807) is 29.1 Å². The lowest BCUT2D eigenvalue weighted by molar-refractivity contribution is 0.467. The second kappa shape index (κ2) is 5.78. The summed E-state index contributed by atoms with van der Waals surface area (Å²) in [6.45, 7) is 0. The van der Waals surface area contributed by atoms with Gasteiger partial charge in [-0.05, 0) is 24.3 Å². The van der Waals surface area contributed by atoms with Gasteiger partial charge in [0.2, 0.25) is 5.88 Å². The lowest BCUT2D eigenvalue weighted by Gasteiger charge is -2.06. The molecule has 2 aromatic carbocycles. The lowest BCUT2D eigenvalue weighted by Crippen LogP contribution is -1.97. The SMILES string of the molecule is O=c1oc2cc(Oc3ncnc4c3cnn4-c3ccccc3)ccc2s1. The molecule has 5 rings (SSSR count). The van der Waals surface area contributed by atoms with Gasteiger partial charge in [-0.1, -0.05) is 29.5 Å². The quantitative estimate of drug-likeness (QED) is 0.486. The molecule has 0 aliphatic heterocycles. The Balaban J connectivity index is 1.58. The van der Waals surface area contributed by atoms with Gasteiger partial charge in [0.05, 0.1) is 16.6 Å². The van der Waals surface area contributed by atoms with Crippen LogP contribution >= 0.6 is 11.3 Å². The van der Waals surface area contributed by atoms with Crippen molar-refractivity contribution in [1.29, 1.82) is 0 Å². The van der Waals surface area contributed by atoms with Crippen LogP contribution in [0, 0.1) is 0 Å². The first-order valence-corrected chi connectivity index (χ1v) is 8.55. The summed E-state index contributed by atoms with van der Waals surface area (Å²) in [7, 11) is 0. The number of ether oxygens (including phenoxy) is 1. The Labute approximate surface area is 150 Å². The molecule has 0 saturated carbocycles. The van der Waals surface area contributed by atoms with Crippen LogP contribution in [0.15, 0.2) is 70.3 Å². The molecule has 126 valence electrons. The van der Waals surface area contributed by atoms with Gasteiger partial charge in [0.15, 0.2) is 11.2 Å². The molecule has 0 amide bonds. The van der Waals surface area contributed by atoms with Crippen molar-refractivity contribution in [2.45, 2.75) is 0 Å². The van der Waals surface area contributed by atoms with E-state index in [-0.39, 0.29) is 4.94 Å². The third-order valence-electron chi connectivity index (χ3n) is 3.85. The minimum absolute atomic E-state index is 0.342. The van der Waals surface area contributed by atoms with Crippen LogP contribution in [0.4, 0.5) is 0 Å². The number of rotatable bonds is 3. The highest BCUT2D eigenvalue weighted by Gasteiger charge is 2.13. The van der Waals surface area contributed by atoms with E-state index in [9.17, 15) is 4.79 Å². The highest BCUT2D eigenvalue weighted by molar-refractivity contribution is 7.16. The minimum Gasteiger partial charge on any atom is -0.438 e. The highest BCUT2D eigenvalue weighted by Crippen LogP contribution is 2.30. The van der Waals surface area contributed by atoms with E-state index in [2.05, 4.69) is 15.1 Å². The van der Waals surface area contributed by atoms with Crippen LogP contribution in [0.25, 0.3) is 27.0 Å². The summed E-state index contributed by atoms with van der Waals surface area (Å²) >= 11 is 1.05. The highest BCUT2D eigenvalue weighted by atomic mass is 32.1. The van der Waals surface area contributed by atoms with Crippen LogP contribution < -0.4 is 9.68 Å². The fourth-order valence-corrected chi connectivity index (χ4v) is 3.34. The summed E-state index contributed by atoms with van der Waals surface area (Å²) in [4.78, 5) is 19.6. The van der Waals surface area contributed by atoms with Crippen LogP contribution in [-0.2, 0) is 0 Å². The van der Waals surface area contributed by atoms with Crippen molar-refractivity contribution < 1.29 is 9.15 Å².